The molecule has 17 heavy (non-hydrogen) atoms. The molecule has 0 saturated carbocycles. The molecular weight excluding hydrogens is 208 g/mol. The maximum absolute atomic E-state index is 4.78. The number of aromatic nitrogens is 2. The van der Waals surface area contributed by atoms with Crippen molar-refractivity contribution in [1.29, 1.82) is 0 Å². The van der Waals surface area contributed by atoms with Crippen molar-refractivity contribution in [3.8, 4) is 0 Å². The molecule has 1 aromatic heterocycles. The Morgan fingerprint density at radius 1 is 0.765 bits per heavy atom. The van der Waals surface area contributed by atoms with Gasteiger partial charge in [-0.2, -0.15) is 4.57 Å². The summed E-state index contributed by atoms with van der Waals surface area (Å²) in [5, 5.41) is 0. The van der Waals surface area contributed by atoms with E-state index in [2.05, 4.69) is 53.2 Å². The molecule has 0 bridgehead atoms. The summed E-state index contributed by atoms with van der Waals surface area (Å²) in [7, 11) is 2.13. The molecule has 0 aliphatic rings. The van der Waals surface area contributed by atoms with Crippen LogP contribution in [0.3, 0.4) is 0 Å². The first-order chi connectivity index (χ1) is 7.86. The molecule has 0 saturated heterocycles. The van der Waals surface area contributed by atoms with Gasteiger partial charge in [0.1, 0.15) is 18.3 Å². The first-order valence-electron chi connectivity index (χ1n) is 6.09. The maximum atomic E-state index is 4.78. The third-order valence-electron chi connectivity index (χ3n) is 4.26. The Hall–Kier alpha value is -1.44. The van der Waals surface area contributed by atoms with Crippen LogP contribution < -0.4 is 4.57 Å². The molecule has 0 radical (unpaired) electrons. The summed E-state index contributed by atoms with van der Waals surface area (Å²) in [5.41, 5.74) is 10.2. The number of aryl methyl sites for hydroxylation is 4. The quantitative estimate of drug-likeness (QED) is 0.635. The summed E-state index contributed by atoms with van der Waals surface area (Å²) in [6.07, 6.45) is 0. The van der Waals surface area contributed by atoms with Gasteiger partial charge in [-0.15, -0.1) is 0 Å². The monoisotopic (exact) mass is 229 g/mol. The van der Waals surface area contributed by atoms with E-state index in [1.165, 1.54) is 33.5 Å². The van der Waals surface area contributed by atoms with Crippen LogP contribution in [-0.2, 0) is 7.05 Å². The van der Waals surface area contributed by atoms with E-state index in [4.69, 9.17) is 4.98 Å². The second-order valence-electron chi connectivity index (χ2n) is 5.04. The predicted molar refractivity (Wildman–Crippen MR) is 71.3 cm³/mol. The molecule has 1 aromatic carbocycles. The summed E-state index contributed by atoms with van der Waals surface area (Å²) < 4.78 is 2.27. The van der Waals surface area contributed by atoms with Crippen LogP contribution in [-0.4, -0.2) is 4.98 Å². The molecule has 0 aliphatic heterocycles. The first-order valence-corrected chi connectivity index (χ1v) is 6.09. The van der Waals surface area contributed by atoms with Gasteiger partial charge >= 0.3 is 0 Å². The van der Waals surface area contributed by atoms with E-state index in [1.54, 1.807) is 0 Å². The fraction of sp³-hybridized carbons (Fsp3) is 0.467. The standard InChI is InChI=1S/C15H21N2/c1-8-9(2)11(4)15-14(10(8)3)16-12(5)13(6)17(15)7/h1-7H3/q+1. The SMILES string of the molecule is Cc1nc2c(C)c(C)c(C)c(C)c2[n+](C)c1C. The normalized spacial score (nSPS) is 11.2. The second kappa shape index (κ2) is 3.80. The first kappa shape index (κ1) is 12.0. The summed E-state index contributed by atoms with van der Waals surface area (Å²) in [5.74, 6) is 0. The number of nitrogens with zero attached hydrogens (tertiary/aromatic N) is 2. The summed E-state index contributed by atoms with van der Waals surface area (Å²) in [6.45, 7) is 13.0. The van der Waals surface area contributed by atoms with E-state index in [1.807, 2.05) is 0 Å². The van der Waals surface area contributed by atoms with Crippen molar-refractivity contribution in [2.45, 2.75) is 41.5 Å². The minimum Gasteiger partial charge on any atom is -0.240 e. The minimum absolute atomic E-state index is 1.12. The Labute approximate surface area is 103 Å². The van der Waals surface area contributed by atoms with Gasteiger partial charge in [-0.05, 0) is 51.3 Å². The smallest absolute Gasteiger partial charge is 0.234 e. The minimum atomic E-state index is 1.12. The molecule has 0 spiro atoms. The summed E-state index contributed by atoms with van der Waals surface area (Å²) in [4.78, 5) is 4.78. The zero-order valence-electron chi connectivity index (χ0n) is 11.9. The average Bonchev–Trinajstić information content (AvgIpc) is 2.30. The Morgan fingerprint density at radius 3 is 1.88 bits per heavy atom. The van der Waals surface area contributed by atoms with Crippen LogP contribution in [0.2, 0.25) is 0 Å². The van der Waals surface area contributed by atoms with Gasteiger partial charge in [-0.1, -0.05) is 0 Å². The molecule has 0 atom stereocenters. The molecule has 2 nitrogen and oxygen atoms in total. The largest absolute Gasteiger partial charge is 0.240 e. The van der Waals surface area contributed by atoms with Crippen LogP contribution in [0, 0.1) is 41.5 Å². The topological polar surface area (TPSA) is 16.8 Å². The van der Waals surface area contributed by atoms with Gasteiger partial charge in [0.25, 0.3) is 0 Å². The highest BCUT2D eigenvalue weighted by Crippen LogP contribution is 2.26. The highest BCUT2D eigenvalue weighted by molar-refractivity contribution is 5.81. The van der Waals surface area contributed by atoms with Crippen molar-refractivity contribution >= 4 is 11.0 Å². The molecule has 2 aromatic rings. The Morgan fingerprint density at radius 2 is 1.29 bits per heavy atom. The predicted octanol–water partition coefficient (Wildman–Crippen LogP) is 2.91. The third kappa shape index (κ3) is 1.54. The summed E-state index contributed by atoms with van der Waals surface area (Å²) >= 11 is 0. The van der Waals surface area contributed by atoms with E-state index in [-0.39, 0.29) is 0 Å². The lowest BCUT2D eigenvalue weighted by molar-refractivity contribution is -0.652. The third-order valence-corrected chi connectivity index (χ3v) is 4.26. The molecule has 2 heteroatoms. The molecule has 0 amide bonds. The lowest BCUT2D eigenvalue weighted by Crippen LogP contribution is -2.35. The van der Waals surface area contributed by atoms with Crippen LogP contribution in [0.1, 0.15) is 33.6 Å². The molecule has 0 unspecified atom stereocenters. The van der Waals surface area contributed by atoms with Crippen molar-refractivity contribution in [3.63, 3.8) is 0 Å². The Kier molecular flexibility index (Phi) is 2.69. The number of hydrogen-bond acceptors (Lipinski definition) is 1. The number of hydrogen-bond donors (Lipinski definition) is 0. The molecular formula is C15H21N2+. The molecule has 90 valence electrons. The highest BCUT2D eigenvalue weighted by Gasteiger charge is 2.20. The van der Waals surface area contributed by atoms with Crippen LogP contribution in [0.25, 0.3) is 11.0 Å². The van der Waals surface area contributed by atoms with E-state index in [9.17, 15) is 0 Å². The van der Waals surface area contributed by atoms with Crippen molar-refractivity contribution in [3.05, 3.63) is 33.6 Å². The fourth-order valence-electron chi connectivity index (χ4n) is 2.48. The Bertz CT molecular complexity index is 617. The van der Waals surface area contributed by atoms with Crippen molar-refractivity contribution in [2.24, 2.45) is 7.05 Å². The van der Waals surface area contributed by atoms with Gasteiger partial charge in [-0.3, -0.25) is 0 Å². The van der Waals surface area contributed by atoms with Gasteiger partial charge < -0.3 is 0 Å². The van der Waals surface area contributed by atoms with E-state index < -0.39 is 0 Å². The van der Waals surface area contributed by atoms with Crippen LogP contribution in [0.15, 0.2) is 0 Å². The van der Waals surface area contributed by atoms with Gasteiger partial charge in [0.2, 0.25) is 5.52 Å². The van der Waals surface area contributed by atoms with Gasteiger partial charge in [0, 0.05) is 12.5 Å². The fourth-order valence-corrected chi connectivity index (χ4v) is 2.48. The van der Waals surface area contributed by atoms with E-state index in [0.717, 1.165) is 11.2 Å². The average molecular weight is 229 g/mol. The van der Waals surface area contributed by atoms with Gasteiger partial charge in [0.05, 0.1) is 0 Å². The molecule has 0 fully saturated rings. The zero-order chi connectivity index (χ0) is 12.9. The van der Waals surface area contributed by atoms with Crippen molar-refractivity contribution in [2.75, 3.05) is 0 Å². The highest BCUT2D eigenvalue weighted by atomic mass is 15.0. The van der Waals surface area contributed by atoms with Crippen LogP contribution >= 0.6 is 0 Å². The van der Waals surface area contributed by atoms with Crippen molar-refractivity contribution < 1.29 is 4.57 Å². The van der Waals surface area contributed by atoms with Gasteiger partial charge in [-0.25, -0.2) is 4.98 Å². The van der Waals surface area contributed by atoms with Gasteiger partial charge in [0.15, 0.2) is 5.69 Å². The second-order valence-corrected chi connectivity index (χ2v) is 5.04. The molecule has 1 heterocycles. The number of benzene rings is 1. The maximum Gasteiger partial charge on any atom is 0.234 e. The molecule has 0 N–H and O–H groups in total. The van der Waals surface area contributed by atoms with E-state index >= 15 is 0 Å². The van der Waals surface area contributed by atoms with E-state index in [0.29, 0.717) is 0 Å². The Balaban J connectivity index is 3.12. The number of fused-ring (bicyclic) bond motifs is 1. The lowest BCUT2D eigenvalue weighted by atomic mass is 9.96. The van der Waals surface area contributed by atoms with Crippen LogP contribution in [0.4, 0.5) is 0 Å². The molecule has 2 rings (SSSR count). The van der Waals surface area contributed by atoms with Crippen molar-refractivity contribution in [1.82, 2.24) is 4.98 Å². The van der Waals surface area contributed by atoms with Crippen LogP contribution in [0.5, 0.6) is 0 Å². The zero-order valence-corrected chi connectivity index (χ0v) is 11.9. The summed E-state index contributed by atoms with van der Waals surface area (Å²) in [6, 6.07) is 0. The number of rotatable bonds is 0. The molecule has 0 aliphatic carbocycles. The lowest BCUT2D eigenvalue weighted by Gasteiger charge is -2.12.